The van der Waals surface area contributed by atoms with Crippen LogP contribution < -0.4 is 0 Å². The molecule has 5 heteroatoms. The van der Waals surface area contributed by atoms with Gasteiger partial charge in [0.15, 0.2) is 5.41 Å². The zero-order valence-electron chi connectivity index (χ0n) is 12.8. The third-order valence-corrected chi connectivity index (χ3v) is 3.31. The Kier molecular flexibility index (Phi) is 9.55. The number of carbonyl (C=O) groups excluding carboxylic acids is 2. The Hall–Kier alpha value is -0.840. The molecule has 0 saturated carbocycles. The fourth-order valence-corrected chi connectivity index (χ4v) is 2.01. The topological polar surface area (TPSA) is 52.6 Å². The fourth-order valence-electron chi connectivity index (χ4n) is 1.73. The molecule has 4 nitrogen and oxygen atoms in total. The van der Waals surface area contributed by atoms with E-state index in [4.69, 9.17) is 9.47 Å². The summed E-state index contributed by atoms with van der Waals surface area (Å²) < 4.78 is 10.2. The van der Waals surface area contributed by atoms with E-state index < -0.39 is 17.4 Å². The fraction of sp³-hybridized carbons (Fsp3) is 0.733. The molecule has 0 aliphatic carbocycles. The molecule has 0 rings (SSSR count). The summed E-state index contributed by atoms with van der Waals surface area (Å²) >= 11 is 3.33. The zero-order chi connectivity index (χ0) is 15.6. The second-order valence-corrected chi connectivity index (χ2v) is 5.60. The first kappa shape index (κ1) is 19.2. The minimum absolute atomic E-state index is 0.238. The van der Waals surface area contributed by atoms with E-state index in [-0.39, 0.29) is 19.1 Å². The van der Waals surface area contributed by atoms with Gasteiger partial charge in [0.25, 0.3) is 0 Å². The van der Waals surface area contributed by atoms with Crippen LogP contribution >= 0.6 is 15.9 Å². The van der Waals surface area contributed by atoms with Crippen LogP contribution in [0.5, 0.6) is 0 Å². The maximum atomic E-state index is 12.3. The van der Waals surface area contributed by atoms with Crippen molar-refractivity contribution < 1.29 is 19.1 Å². The molecule has 0 aromatic carbocycles. The number of hydrogen-bond acceptors (Lipinski definition) is 4. The van der Waals surface area contributed by atoms with Crippen molar-refractivity contribution in [3.8, 4) is 0 Å². The molecule has 0 unspecified atom stereocenters. The van der Waals surface area contributed by atoms with Crippen molar-refractivity contribution >= 4 is 27.9 Å². The van der Waals surface area contributed by atoms with Crippen molar-refractivity contribution in [2.24, 2.45) is 11.3 Å². The quantitative estimate of drug-likeness (QED) is 0.277. The largest absolute Gasteiger partial charge is 0.465 e. The van der Waals surface area contributed by atoms with Gasteiger partial charge in [-0.05, 0) is 32.6 Å². The van der Waals surface area contributed by atoms with Gasteiger partial charge in [-0.3, -0.25) is 9.59 Å². The van der Waals surface area contributed by atoms with Crippen molar-refractivity contribution in [3.63, 3.8) is 0 Å². The van der Waals surface area contributed by atoms with Gasteiger partial charge in [0, 0.05) is 5.33 Å². The molecule has 0 heterocycles. The number of alkyl halides is 1. The maximum absolute atomic E-state index is 12.3. The van der Waals surface area contributed by atoms with Crippen LogP contribution in [0.15, 0.2) is 12.2 Å². The number of esters is 2. The Bertz CT molecular complexity index is 319. The van der Waals surface area contributed by atoms with E-state index in [2.05, 4.69) is 15.9 Å². The minimum atomic E-state index is -1.33. The van der Waals surface area contributed by atoms with Crippen LogP contribution in [0.25, 0.3) is 0 Å². The standard InChI is InChI=1S/C15H25BrO4/c1-5-19-13(17)15(9-7-11-16,10-8-12(3)4)14(18)20-6-2/h8,10,12H,5-7,9,11H2,1-4H3/b10-8+. The first-order chi connectivity index (χ1) is 9.44. The molecule has 0 aromatic heterocycles. The lowest BCUT2D eigenvalue weighted by Gasteiger charge is -2.26. The van der Waals surface area contributed by atoms with Crippen LogP contribution in [0.4, 0.5) is 0 Å². The van der Waals surface area contributed by atoms with Gasteiger partial charge in [-0.25, -0.2) is 0 Å². The summed E-state index contributed by atoms with van der Waals surface area (Å²) in [6, 6.07) is 0. The number of allylic oxidation sites excluding steroid dienone is 1. The van der Waals surface area contributed by atoms with E-state index in [1.54, 1.807) is 19.9 Å². The second kappa shape index (κ2) is 9.97. The summed E-state index contributed by atoms with van der Waals surface area (Å²) in [4.78, 5) is 24.6. The molecule has 20 heavy (non-hydrogen) atoms. The van der Waals surface area contributed by atoms with Crippen LogP contribution in [0.3, 0.4) is 0 Å². The second-order valence-electron chi connectivity index (χ2n) is 4.81. The number of rotatable bonds is 9. The smallest absolute Gasteiger partial charge is 0.327 e. The highest BCUT2D eigenvalue weighted by molar-refractivity contribution is 9.09. The highest BCUT2D eigenvalue weighted by atomic mass is 79.9. The van der Waals surface area contributed by atoms with E-state index in [9.17, 15) is 9.59 Å². The van der Waals surface area contributed by atoms with Crippen molar-refractivity contribution in [2.45, 2.75) is 40.5 Å². The molecule has 0 amide bonds. The molecule has 0 saturated heterocycles. The molecule has 0 aliphatic rings. The van der Waals surface area contributed by atoms with Gasteiger partial charge in [0.05, 0.1) is 13.2 Å². The SMILES string of the molecule is CCOC(=O)C(/C=C/C(C)C)(CCCBr)C(=O)OCC. The predicted molar refractivity (Wildman–Crippen MR) is 82.7 cm³/mol. The average Bonchev–Trinajstić information content (AvgIpc) is 2.39. The molecule has 0 N–H and O–H groups in total. The third-order valence-electron chi connectivity index (χ3n) is 2.75. The summed E-state index contributed by atoms with van der Waals surface area (Å²) in [6.45, 7) is 7.91. The minimum Gasteiger partial charge on any atom is -0.465 e. The van der Waals surface area contributed by atoms with E-state index >= 15 is 0 Å². The number of ether oxygens (including phenoxy) is 2. The Morgan fingerprint density at radius 3 is 2.00 bits per heavy atom. The lowest BCUT2D eigenvalue weighted by Crippen LogP contribution is -2.40. The Morgan fingerprint density at radius 1 is 1.15 bits per heavy atom. The molecule has 0 aliphatic heterocycles. The molecule has 0 radical (unpaired) electrons. The van der Waals surface area contributed by atoms with Gasteiger partial charge in [-0.1, -0.05) is 41.9 Å². The van der Waals surface area contributed by atoms with Crippen molar-refractivity contribution in [3.05, 3.63) is 12.2 Å². The first-order valence-electron chi connectivity index (χ1n) is 7.04. The summed E-state index contributed by atoms with van der Waals surface area (Å²) in [5, 5.41) is 0.711. The Labute approximate surface area is 130 Å². The summed E-state index contributed by atoms with van der Waals surface area (Å²) in [5.41, 5.74) is -1.33. The Balaban J connectivity index is 5.48. The summed E-state index contributed by atoms with van der Waals surface area (Å²) in [5.74, 6) is -0.824. The maximum Gasteiger partial charge on any atom is 0.327 e. The molecule has 0 spiro atoms. The van der Waals surface area contributed by atoms with Gasteiger partial charge in [-0.15, -0.1) is 0 Å². The van der Waals surface area contributed by atoms with Gasteiger partial charge >= 0.3 is 11.9 Å². The third kappa shape index (κ3) is 5.65. The van der Waals surface area contributed by atoms with Crippen LogP contribution in [-0.2, 0) is 19.1 Å². The van der Waals surface area contributed by atoms with E-state index in [0.717, 1.165) is 0 Å². The molecule has 116 valence electrons. The highest BCUT2D eigenvalue weighted by Crippen LogP contribution is 2.31. The van der Waals surface area contributed by atoms with Crippen molar-refractivity contribution in [1.29, 1.82) is 0 Å². The average molecular weight is 349 g/mol. The van der Waals surface area contributed by atoms with Gasteiger partial charge in [0.1, 0.15) is 0 Å². The molecular weight excluding hydrogens is 324 g/mol. The van der Waals surface area contributed by atoms with Crippen LogP contribution in [0.1, 0.15) is 40.5 Å². The first-order valence-corrected chi connectivity index (χ1v) is 8.16. The Morgan fingerprint density at radius 2 is 1.65 bits per heavy atom. The van der Waals surface area contributed by atoms with Crippen molar-refractivity contribution in [2.75, 3.05) is 18.5 Å². The van der Waals surface area contributed by atoms with Crippen LogP contribution in [0, 0.1) is 11.3 Å². The molecule has 0 aromatic rings. The normalized spacial score (nSPS) is 11.9. The predicted octanol–water partition coefficient (Wildman–Crippen LogP) is 3.49. The number of hydrogen-bond donors (Lipinski definition) is 0. The van der Waals surface area contributed by atoms with E-state index in [1.807, 2.05) is 19.9 Å². The van der Waals surface area contributed by atoms with Gasteiger partial charge in [-0.2, -0.15) is 0 Å². The van der Waals surface area contributed by atoms with Crippen LogP contribution in [-0.4, -0.2) is 30.5 Å². The number of carbonyl (C=O) groups is 2. The molecule has 0 fully saturated rings. The molecule has 0 bridgehead atoms. The van der Waals surface area contributed by atoms with Crippen LogP contribution in [0.2, 0.25) is 0 Å². The van der Waals surface area contributed by atoms with Gasteiger partial charge < -0.3 is 9.47 Å². The zero-order valence-corrected chi connectivity index (χ0v) is 14.4. The van der Waals surface area contributed by atoms with Gasteiger partial charge in [0.2, 0.25) is 0 Å². The number of halogens is 1. The van der Waals surface area contributed by atoms with Crippen molar-refractivity contribution in [1.82, 2.24) is 0 Å². The monoisotopic (exact) mass is 348 g/mol. The molecule has 0 atom stereocenters. The highest BCUT2D eigenvalue weighted by Gasteiger charge is 2.46. The summed E-state index contributed by atoms with van der Waals surface area (Å²) in [7, 11) is 0. The summed E-state index contributed by atoms with van der Waals surface area (Å²) in [6.07, 6.45) is 4.55. The van der Waals surface area contributed by atoms with E-state index in [1.165, 1.54) is 0 Å². The van der Waals surface area contributed by atoms with E-state index in [0.29, 0.717) is 18.2 Å². The lowest BCUT2D eigenvalue weighted by molar-refractivity contribution is -0.168. The molecular formula is C15H25BrO4. The lowest BCUT2D eigenvalue weighted by atomic mass is 9.82.